The summed E-state index contributed by atoms with van der Waals surface area (Å²) < 4.78 is 2.06. The predicted molar refractivity (Wildman–Crippen MR) is 97.0 cm³/mol. The van der Waals surface area contributed by atoms with Crippen molar-refractivity contribution in [3.63, 3.8) is 0 Å². The fourth-order valence-electron chi connectivity index (χ4n) is 2.90. The maximum Gasteiger partial charge on any atom is 0.163 e. The number of nitriles is 1. The highest BCUT2D eigenvalue weighted by atomic mass is 35.5. The Morgan fingerprint density at radius 1 is 1.32 bits per heavy atom. The number of anilines is 1. The van der Waals surface area contributed by atoms with Crippen molar-refractivity contribution in [3.8, 4) is 17.3 Å². The Morgan fingerprint density at radius 2 is 2.20 bits per heavy atom. The van der Waals surface area contributed by atoms with E-state index in [4.69, 9.17) is 17.3 Å². The minimum absolute atomic E-state index is 0.196. The highest BCUT2D eigenvalue weighted by Gasteiger charge is 2.15. The van der Waals surface area contributed by atoms with E-state index in [0.717, 1.165) is 22.0 Å². The monoisotopic (exact) mass is 348 g/mol. The molecular formula is C18H13ClN6. The van der Waals surface area contributed by atoms with Crippen molar-refractivity contribution in [2.24, 2.45) is 0 Å². The summed E-state index contributed by atoms with van der Waals surface area (Å²) in [5, 5.41) is 17.7. The first-order chi connectivity index (χ1) is 12.2. The third-order valence-electron chi connectivity index (χ3n) is 4.10. The number of fused-ring (bicyclic) bond motifs is 1. The maximum atomic E-state index is 9.29. The molecule has 0 atom stereocenters. The van der Waals surface area contributed by atoms with E-state index in [1.54, 1.807) is 6.20 Å². The number of nitrogen functional groups attached to an aromatic ring is 1. The van der Waals surface area contributed by atoms with Crippen LogP contribution in [0.4, 0.5) is 5.82 Å². The first kappa shape index (κ1) is 15.2. The Kier molecular flexibility index (Phi) is 3.64. The molecule has 4 rings (SSSR count). The van der Waals surface area contributed by atoms with E-state index in [9.17, 15) is 5.26 Å². The van der Waals surface area contributed by atoms with Crippen LogP contribution in [0.1, 0.15) is 11.1 Å². The zero-order chi connectivity index (χ0) is 17.4. The van der Waals surface area contributed by atoms with Crippen LogP contribution < -0.4 is 5.73 Å². The molecule has 3 aromatic heterocycles. The molecule has 7 heteroatoms. The summed E-state index contributed by atoms with van der Waals surface area (Å²) in [7, 11) is 0. The molecule has 4 aromatic rings. The van der Waals surface area contributed by atoms with Gasteiger partial charge in [0.25, 0.3) is 0 Å². The van der Waals surface area contributed by atoms with Crippen molar-refractivity contribution in [2.75, 3.05) is 5.73 Å². The second-order valence-electron chi connectivity index (χ2n) is 5.67. The Labute approximate surface area is 148 Å². The minimum atomic E-state index is 0.196. The zero-order valence-electron chi connectivity index (χ0n) is 13.1. The maximum absolute atomic E-state index is 9.29. The van der Waals surface area contributed by atoms with E-state index in [2.05, 4.69) is 25.8 Å². The summed E-state index contributed by atoms with van der Waals surface area (Å²) in [5.41, 5.74) is 9.55. The van der Waals surface area contributed by atoms with Crippen LogP contribution in [0.5, 0.6) is 0 Å². The van der Waals surface area contributed by atoms with E-state index in [-0.39, 0.29) is 5.82 Å². The van der Waals surface area contributed by atoms with Gasteiger partial charge in [-0.2, -0.15) is 10.4 Å². The number of hydrogen-bond donors (Lipinski definition) is 2. The van der Waals surface area contributed by atoms with Crippen LogP contribution >= 0.6 is 11.6 Å². The predicted octanol–water partition coefficient (Wildman–Crippen LogP) is 3.58. The lowest BCUT2D eigenvalue weighted by atomic mass is 10.1. The van der Waals surface area contributed by atoms with E-state index in [0.29, 0.717) is 22.8 Å². The molecule has 6 nitrogen and oxygen atoms in total. The van der Waals surface area contributed by atoms with E-state index < -0.39 is 0 Å². The number of aromatic amines is 1. The van der Waals surface area contributed by atoms with Crippen molar-refractivity contribution in [3.05, 3.63) is 65.1 Å². The van der Waals surface area contributed by atoms with Gasteiger partial charge in [0.15, 0.2) is 5.82 Å². The minimum Gasteiger partial charge on any atom is -0.381 e. The van der Waals surface area contributed by atoms with Gasteiger partial charge in [0.1, 0.15) is 11.6 Å². The SMILES string of the molecule is N#Cc1c(N)n[nH]c1-c1ccc2c(Cl)cn(Cc3cccnc3)c2c1. The summed E-state index contributed by atoms with van der Waals surface area (Å²) in [6, 6.07) is 11.8. The van der Waals surface area contributed by atoms with Crippen molar-refractivity contribution >= 4 is 28.3 Å². The van der Waals surface area contributed by atoms with Gasteiger partial charge in [-0.3, -0.25) is 10.1 Å². The molecule has 0 fully saturated rings. The second-order valence-corrected chi connectivity index (χ2v) is 6.08. The van der Waals surface area contributed by atoms with E-state index >= 15 is 0 Å². The fourth-order valence-corrected chi connectivity index (χ4v) is 3.18. The number of hydrogen-bond acceptors (Lipinski definition) is 4. The molecular weight excluding hydrogens is 336 g/mol. The van der Waals surface area contributed by atoms with E-state index in [1.165, 1.54) is 0 Å². The molecule has 0 aliphatic carbocycles. The normalized spacial score (nSPS) is 10.9. The molecule has 0 saturated heterocycles. The van der Waals surface area contributed by atoms with Crippen LogP contribution in [0.25, 0.3) is 22.2 Å². The number of rotatable bonds is 3. The molecule has 0 aliphatic rings. The third-order valence-corrected chi connectivity index (χ3v) is 4.41. The van der Waals surface area contributed by atoms with Crippen LogP contribution in [0.2, 0.25) is 5.02 Å². The largest absolute Gasteiger partial charge is 0.381 e. The topological polar surface area (TPSA) is 96.3 Å². The van der Waals surface area contributed by atoms with Crippen LogP contribution in [0.15, 0.2) is 48.9 Å². The number of nitrogens with zero attached hydrogens (tertiary/aromatic N) is 4. The molecule has 0 amide bonds. The molecule has 0 aliphatic heterocycles. The molecule has 0 spiro atoms. The number of benzene rings is 1. The molecule has 0 bridgehead atoms. The van der Waals surface area contributed by atoms with Gasteiger partial charge in [-0.25, -0.2) is 0 Å². The zero-order valence-corrected chi connectivity index (χ0v) is 13.8. The first-order valence-corrected chi connectivity index (χ1v) is 7.97. The average molecular weight is 349 g/mol. The van der Waals surface area contributed by atoms with Crippen LogP contribution in [0.3, 0.4) is 0 Å². The van der Waals surface area contributed by atoms with Crippen LogP contribution in [-0.4, -0.2) is 19.7 Å². The van der Waals surface area contributed by atoms with Crippen LogP contribution in [-0.2, 0) is 6.54 Å². The second kappa shape index (κ2) is 5.96. The molecule has 0 saturated carbocycles. The number of H-pyrrole nitrogens is 1. The lowest BCUT2D eigenvalue weighted by Gasteiger charge is -2.06. The lowest BCUT2D eigenvalue weighted by molar-refractivity contribution is 0.832. The Hall–Kier alpha value is -3.30. The highest BCUT2D eigenvalue weighted by molar-refractivity contribution is 6.35. The number of aromatic nitrogens is 4. The molecule has 25 heavy (non-hydrogen) atoms. The van der Waals surface area contributed by atoms with Gasteiger partial charge >= 0.3 is 0 Å². The number of nitrogens with one attached hydrogen (secondary N) is 1. The summed E-state index contributed by atoms with van der Waals surface area (Å²) in [5.74, 6) is 0.196. The Morgan fingerprint density at radius 3 is 2.96 bits per heavy atom. The molecule has 3 N–H and O–H groups in total. The quantitative estimate of drug-likeness (QED) is 0.591. The molecule has 0 unspecified atom stereocenters. The van der Waals surface area contributed by atoms with Gasteiger partial charge in [0.05, 0.1) is 16.2 Å². The highest BCUT2D eigenvalue weighted by Crippen LogP contribution is 2.32. The smallest absolute Gasteiger partial charge is 0.163 e. The van der Waals surface area contributed by atoms with Crippen LogP contribution in [0, 0.1) is 11.3 Å². The molecule has 3 heterocycles. The summed E-state index contributed by atoms with van der Waals surface area (Å²) >= 11 is 6.38. The van der Waals surface area contributed by atoms with Crippen molar-refractivity contribution in [1.82, 2.24) is 19.7 Å². The van der Waals surface area contributed by atoms with Gasteiger partial charge in [0.2, 0.25) is 0 Å². The average Bonchev–Trinajstić information content (AvgIpc) is 3.15. The van der Waals surface area contributed by atoms with E-state index in [1.807, 2.05) is 42.7 Å². The molecule has 1 aromatic carbocycles. The number of pyridine rings is 1. The standard InChI is InChI=1S/C18H13ClN6/c19-15-10-25(9-11-2-1-5-22-8-11)16-6-12(3-4-13(15)16)17-14(7-20)18(21)24-23-17/h1-6,8,10H,9H2,(H3,21,23,24). The first-order valence-electron chi connectivity index (χ1n) is 7.59. The molecule has 0 radical (unpaired) electrons. The van der Waals surface area contributed by atoms with Gasteiger partial charge in [-0.15, -0.1) is 0 Å². The van der Waals surface area contributed by atoms with Crippen molar-refractivity contribution < 1.29 is 0 Å². The molecule has 122 valence electrons. The van der Waals surface area contributed by atoms with Crippen molar-refractivity contribution in [2.45, 2.75) is 6.54 Å². The Balaban J connectivity index is 1.85. The summed E-state index contributed by atoms with van der Waals surface area (Å²) in [6.45, 7) is 0.650. The number of halogens is 1. The van der Waals surface area contributed by atoms with Gasteiger partial charge in [-0.05, 0) is 17.7 Å². The summed E-state index contributed by atoms with van der Waals surface area (Å²) in [6.07, 6.45) is 5.47. The van der Waals surface area contributed by atoms with Crippen molar-refractivity contribution in [1.29, 1.82) is 5.26 Å². The fraction of sp³-hybridized carbons (Fsp3) is 0.0556. The lowest BCUT2D eigenvalue weighted by Crippen LogP contribution is -1.98. The van der Waals surface area contributed by atoms with Gasteiger partial charge < -0.3 is 10.3 Å². The third kappa shape index (κ3) is 2.61. The Bertz CT molecular complexity index is 1100. The van der Waals surface area contributed by atoms with Gasteiger partial charge in [0, 0.05) is 36.1 Å². The number of nitrogens with two attached hydrogens (primary N) is 1. The summed E-state index contributed by atoms with van der Waals surface area (Å²) in [4.78, 5) is 4.15. The van der Waals surface area contributed by atoms with Gasteiger partial charge in [-0.1, -0.05) is 29.8 Å².